The fourth-order valence-corrected chi connectivity index (χ4v) is 3.51. The number of aliphatic hydroxyl groups excluding tert-OH is 1. The Morgan fingerprint density at radius 2 is 2.08 bits per heavy atom. The van der Waals surface area contributed by atoms with E-state index in [0.29, 0.717) is 12.8 Å². The van der Waals surface area contributed by atoms with Crippen LogP contribution >= 0.6 is 15.9 Å². The fourth-order valence-electron chi connectivity index (χ4n) is 2.93. The first-order valence-electron chi connectivity index (χ1n) is 7.55. The molecule has 8 heteroatoms. The van der Waals surface area contributed by atoms with Gasteiger partial charge in [-0.05, 0) is 36.1 Å². The lowest BCUT2D eigenvalue weighted by Gasteiger charge is -2.20. The van der Waals surface area contributed by atoms with Crippen molar-refractivity contribution in [3.63, 3.8) is 0 Å². The van der Waals surface area contributed by atoms with E-state index < -0.39 is 30.3 Å². The molecule has 0 amide bonds. The van der Waals surface area contributed by atoms with Gasteiger partial charge in [-0.25, -0.2) is 0 Å². The quantitative estimate of drug-likeness (QED) is 0.799. The van der Waals surface area contributed by atoms with Gasteiger partial charge < -0.3 is 14.6 Å². The van der Waals surface area contributed by atoms with Crippen LogP contribution < -0.4 is 9.47 Å². The van der Waals surface area contributed by atoms with Crippen LogP contribution in [0, 0.1) is 0 Å². The van der Waals surface area contributed by atoms with Crippen LogP contribution in [0.4, 0.5) is 13.2 Å². The molecule has 0 saturated heterocycles. The first-order valence-corrected chi connectivity index (χ1v) is 8.34. The normalized spacial score (nSPS) is 16.6. The number of hydrogen-bond acceptors (Lipinski definition) is 4. The maximum atomic E-state index is 13.4. The lowest BCUT2D eigenvalue weighted by Crippen LogP contribution is -2.14. The summed E-state index contributed by atoms with van der Waals surface area (Å²) in [6.07, 6.45) is -3.92. The van der Waals surface area contributed by atoms with Crippen LogP contribution in [0.1, 0.15) is 34.8 Å². The van der Waals surface area contributed by atoms with E-state index in [-0.39, 0.29) is 11.4 Å². The van der Waals surface area contributed by atoms with E-state index >= 15 is 0 Å². The smallest absolute Gasteiger partial charge is 0.421 e. The molecule has 1 aliphatic rings. The van der Waals surface area contributed by atoms with Gasteiger partial charge in [0.05, 0.1) is 13.7 Å². The Morgan fingerprint density at radius 3 is 2.72 bits per heavy atom. The van der Waals surface area contributed by atoms with Crippen LogP contribution in [0.2, 0.25) is 0 Å². The standard InChI is InChI=1S/C17H15BrF3NO3/c1-24-15-9(8-23)7-12(17(19,20)21)16(22-15)25-14-6-5-10-11(14)3-2-4-13(10)18/h2-4,7,14,23H,5-6,8H2,1H3. The van der Waals surface area contributed by atoms with Crippen molar-refractivity contribution in [2.75, 3.05) is 7.11 Å². The van der Waals surface area contributed by atoms with Crippen LogP contribution in [0.25, 0.3) is 0 Å². The predicted molar refractivity (Wildman–Crippen MR) is 87.5 cm³/mol. The number of hydrogen-bond donors (Lipinski definition) is 1. The fraction of sp³-hybridized carbons (Fsp3) is 0.353. The van der Waals surface area contributed by atoms with Crippen LogP contribution in [-0.2, 0) is 19.2 Å². The molecule has 1 atom stereocenters. The highest BCUT2D eigenvalue weighted by atomic mass is 79.9. The molecule has 0 fully saturated rings. The molecule has 1 aromatic carbocycles. The summed E-state index contributed by atoms with van der Waals surface area (Å²) in [5.74, 6) is -0.627. The summed E-state index contributed by atoms with van der Waals surface area (Å²) in [7, 11) is 1.28. The number of pyridine rings is 1. The number of halogens is 4. The molecular weight excluding hydrogens is 403 g/mol. The molecular formula is C17H15BrF3NO3. The zero-order valence-corrected chi connectivity index (χ0v) is 14.8. The second-order valence-corrected chi connectivity index (χ2v) is 6.47. The molecule has 4 nitrogen and oxygen atoms in total. The Hall–Kier alpha value is -1.80. The number of fused-ring (bicyclic) bond motifs is 1. The van der Waals surface area contributed by atoms with Crippen molar-refractivity contribution >= 4 is 15.9 Å². The Bertz CT molecular complexity index is 795. The van der Waals surface area contributed by atoms with Crippen molar-refractivity contribution in [2.45, 2.75) is 31.7 Å². The minimum atomic E-state index is -4.66. The molecule has 1 heterocycles. The van der Waals surface area contributed by atoms with Gasteiger partial charge in [-0.15, -0.1) is 0 Å². The highest BCUT2D eigenvalue weighted by Crippen LogP contribution is 2.43. The Balaban J connectivity index is 2.02. The molecule has 0 bridgehead atoms. The molecule has 1 unspecified atom stereocenters. The van der Waals surface area contributed by atoms with Gasteiger partial charge in [-0.3, -0.25) is 0 Å². The second kappa shape index (κ2) is 6.84. The van der Waals surface area contributed by atoms with Gasteiger partial charge >= 0.3 is 6.18 Å². The van der Waals surface area contributed by atoms with E-state index in [1.54, 1.807) is 0 Å². The summed E-state index contributed by atoms with van der Waals surface area (Å²) < 4.78 is 51.7. The van der Waals surface area contributed by atoms with E-state index in [1.165, 1.54) is 7.11 Å². The highest BCUT2D eigenvalue weighted by Gasteiger charge is 2.38. The van der Waals surface area contributed by atoms with E-state index in [0.717, 1.165) is 21.7 Å². The molecule has 0 radical (unpaired) electrons. The Kier molecular flexibility index (Phi) is 4.92. The van der Waals surface area contributed by atoms with Crippen LogP contribution in [0.3, 0.4) is 0 Å². The molecule has 0 saturated carbocycles. The minimum absolute atomic E-state index is 0.0447. The minimum Gasteiger partial charge on any atom is -0.481 e. The third kappa shape index (κ3) is 3.46. The maximum absolute atomic E-state index is 13.4. The van der Waals surface area contributed by atoms with Gasteiger partial charge in [-0.1, -0.05) is 28.1 Å². The van der Waals surface area contributed by atoms with Gasteiger partial charge in [0, 0.05) is 10.0 Å². The predicted octanol–water partition coefficient (Wildman–Crippen LogP) is 4.43. The van der Waals surface area contributed by atoms with Crippen molar-refractivity contribution in [3.05, 3.63) is 51.0 Å². The number of ether oxygens (including phenoxy) is 2. The number of methoxy groups -OCH3 is 1. The molecule has 2 aromatic rings. The second-order valence-electron chi connectivity index (χ2n) is 5.62. The summed E-state index contributed by atoms with van der Waals surface area (Å²) in [4.78, 5) is 3.85. The average Bonchev–Trinajstić information content (AvgIpc) is 2.98. The average molecular weight is 418 g/mol. The van der Waals surface area contributed by atoms with E-state index in [9.17, 15) is 18.3 Å². The molecule has 0 spiro atoms. The van der Waals surface area contributed by atoms with E-state index in [2.05, 4.69) is 20.9 Å². The summed E-state index contributed by atoms with van der Waals surface area (Å²) in [5, 5.41) is 9.24. The highest BCUT2D eigenvalue weighted by molar-refractivity contribution is 9.10. The van der Waals surface area contributed by atoms with Crippen molar-refractivity contribution in [1.82, 2.24) is 4.98 Å². The van der Waals surface area contributed by atoms with Gasteiger partial charge in [0.25, 0.3) is 0 Å². The Labute approximate surface area is 150 Å². The van der Waals surface area contributed by atoms with Crippen LogP contribution in [-0.4, -0.2) is 17.2 Å². The lowest BCUT2D eigenvalue weighted by atomic mass is 10.1. The number of benzene rings is 1. The summed E-state index contributed by atoms with van der Waals surface area (Å²) >= 11 is 3.45. The van der Waals surface area contributed by atoms with Crippen molar-refractivity contribution in [2.24, 2.45) is 0 Å². The van der Waals surface area contributed by atoms with Gasteiger partial charge in [-0.2, -0.15) is 18.2 Å². The SMILES string of the molecule is COc1nc(OC2CCc3c(Br)cccc32)c(C(F)(F)F)cc1CO. The third-order valence-corrected chi connectivity index (χ3v) is 4.85. The number of aliphatic hydroxyl groups is 1. The topological polar surface area (TPSA) is 51.6 Å². The van der Waals surface area contributed by atoms with Crippen molar-refractivity contribution in [3.8, 4) is 11.8 Å². The zero-order valence-electron chi connectivity index (χ0n) is 13.2. The van der Waals surface area contributed by atoms with E-state index in [4.69, 9.17) is 9.47 Å². The molecule has 3 rings (SSSR count). The number of alkyl halides is 3. The summed E-state index contributed by atoms with van der Waals surface area (Å²) in [6, 6.07) is 6.36. The van der Waals surface area contributed by atoms with Crippen LogP contribution in [0.15, 0.2) is 28.7 Å². The number of rotatable bonds is 4. The molecule has 1 aromatic heterocycles. The van der Waals surface area contributed by atoms with Gasteiger partial charge in [0.2, 0.25) is 11.8 Å². The van der Waals surface area contributed by atoms with Gasteiger partial charge in [0.15, 0.2) is 0 Å². The van der Waals surface area contributed by atoms with E-state index in [1.807, 2.05) is 18.2 Å². The zero-order chi connectivity index (χ0) is 18.2. The summed E-state index contributed by atoms with van der Waals surface area (Å²) in [5.41, 5.74) is 0.798. The summed E-state index contributed by atoms with van der Waals surface area (Å²) in [6.45, 7) is -0.612. The molecule has 25 heavy (non-hydrogen) atoms. The monoisotopic (exact) mass is 417 g/mol. The number of aromatic nitrogens is 1. The largest absolute Gasteiger partial charge is 0.481 e. The molecule has 1 aliphatic carbocycles. The van der Waals surface area contributed by atoms with Crippen LogP contribution in [0.5, 0.6) is 11.8 Å². The molecule has 0 aliphatic heterocycles. The van der Waals surface area contributed by atoms with Gasteiger partial charge in [0.1, 0.15) is 11.7 Å². The Morgan fingerprint density at radius 1 is 1.32 bits per heavy atom. The first kappa shape index (κ1) is 18.0. The number of nitrogens with zero attached hydrogens (tertiary/aromatic N) is 1. The van der Waals surface area contributed by atoms with Crippen molar-refractivity contribution in [1.29, 1.82) is 0 Å². The third-order valence-electron chi connectivity index (χ3n) is 4.11. The lowest BCUT2D eigenvalue weighted by molar-refractivity contribution is -0.139. The molecule has 134 valence electrons. The first-order chi connectivity index (χ1) is 11.8. The maximum Gasteiger partial charge on any atom is 0.421 e. The molecule has 1 N–H and O–H groups in total. The van der Waals surface area contributed by atoms with Crippen molar-refractivity contribution < 1.29 is 27.8 Å².